The van der Waals surface area contributed by atoms with E-state index in [4.69, 9.17) is 11.5 Å². The Balaban J connectivity index is 0. The zero-order chi connectivity index (χ0) is 15.0. The van der Waals surface area contributed by atoms with Crippen LogP contribution in [0.5, 0.6) is 0 Å². The summed E-state index contributed by atoms with van der Waals surface area (Å²) in [7, 11) is 0. The summed E-state index contributed by atoms with van der Waals surface area (Å²) in [5.74, 6) is 0.785. The van der Waals surface area contributed by atoms with Gasteiger partial charge < -0.3 is 11.5 Å². The number of rotatable bonds is 1. The zero-order valence-electron chi connectivity index (χ0n) is 14.1. The van der Waals surface area contributed by atoms with Crippen molar-refractivity contribution in [3.63, 3.8) is 0 Å². The fraction of sp³-hybridized carbons (Fsp3) is 1.00. The normalized spacial score (nSPS) is 19.7. The van der Waals surface area contributed by atoms with Crippen LogP contribution in [0.1, 0.15) is 82.6 Å². The Kier molecular flexibility index (Phi) is 6.85. The molecule has 1 atom stereocenters. The Morgan fingerprint density at radius 3 is 1.00 bits per heavy atom. The first-order valence-electron chi connectivity index (χ1n) is 7.18. The van der Waals surface area contributed by atoms with Crippen LogP contribution in [0.4, 0.5) is 0 Å². The van der Waals surface area contributed by atoms with Crippen LogP contribution in [0, 0.1) is 16.7 Å². The lowest BCUT2D eigenvalue weighted by atomic mass is 9.72. The summed E-state index contributed by atoms with van der Waals surface area (Å²) in [5.41, 5.74) is 12.5. The second kappa shape index (κ2) is 6.13. The van der Waals surface area contributed by atoms with E-state index in [9.17, 15) is 0 Å². The molecule has 0 saturated heterocycles. The van der Waals surface area contributed by atoms with Crippen molar-refractivity contribution in [1.82, 2.24) is 0 Å². The lowest BCUT2D eigenvalue weighted by Crippen LogP contribution is -2.50. The average Bonchev–Trinajstić information content (AvgIpc) is 2.79. The maximum Gasteiger partial charge on any atom is 0.0203 e. The van der Waals surface area contributed by atoms with Crippen molar-refractivity contribution in [2.75, 3.05) is 0 Å². The van der Waals surface area contributed by atoms with Crippen LogP contribution in [0.15, 0.2) is 0 Å². The molecular weight excluding hydrogens is 232 g/mol. The van der Waals surface area contributed by atoms with Crippen molar-refractivity contribution in [3.8, 4) is 0 Å². The van der Waals surface area contributed by atoms with Crippen molar-refractivity contribution in [3.05, 3.63) is 0 Å². The minimum Gasteiger partial charge on any atom is -0.325 e. The molecule has 0 aromatic rings. The molecule has 1 saturated carbocycles. The highest BCUT2D eigenvalue weighted by Crippen LogP contribution is 2.46. The first kappa shape index (κ1) is 21.2. The van der Waals surface area contributed by atoms with Gasteiger partial charge in [0.25, 0.3) is 0 Å². The van der Waals surface area contributed by atoms with Gasteiger partial charge in [-0.15, -0.1) is 0 Å². The van der Waals surface area contributed by atoms with Gasteiger partial charge in [0.05, 0.1) is 0 Å². The van der Waals surface area contributed by atoms with Crippen molar-refractivity contribution < 1.29 is 0 Å². The molecule has 0 amide bonds. The molecule has 0 aromatic heterocycles. The van der Waals surface area contributed by atoms with Gasteiger partial charge >= 0.3 is 0 Å². The third-order valence-corrected chi connectivity index (χ3v) is 4.97. The molecular formula is C17H40N2. The Bertz CT molecular complexity index is 242. The molecule has 4 N–H and O–H groups in total. The predicted octanol–water partition coefficient (Wildman–Crippen LogP) is 4.57. The summed E-state index contributed by atoms with van der Waals surface area (Å²) in [4.78, 5) is 0. The number of hydrogen-bond donors (Lipinski definition) is 2. The fourth-order valence-electron chi connectivity index (χ4n) is 1.30. The van der Waals surface area contributed by atoms with E-state index in [1.54, 1.807) is 0 Å². The molecule has 0 heterocycles. The maximum absolute atomic E-state index is 6.20. The summed E-state index contributed by atoms with van der Waals surface area (Å²) in [6.45, 7) is 19.4. The Labute approximate surface area is 122 Å². The van der Waals surface area contributed by atoms with Gasteiger partial charge in [0.2, 0.25) is 0 Å². The molecule has 0 radical (unpaired) electrons. The highest BCUT2D eigenvalue weighted by molar-refractivity contribution is 5.02. The zero-order valence-corrected chi connectivity index (χ0v) is 14.1. The van der Waals surface area contributed by atoms with E-state index in [-0.39, 0.29) is 29.3 Å². The third kappa shape index (κ3) is 6.27. The van der Waals surface area contributed by atoms with Crippen molar-refractivity contribution in [2.24, 2.45) is 28.2 Å². The molecule has 0 aromatic carbocycles. The molecule has 1 unspecified atom stereocenters. The van der Waals surface area contributed by atoms with Crippen LogP contribution in [0.25, 0.3) is 0 Å². The van der Waals surface area contributed by atoms with Crippen LogP contribution in [-0.4, -0.2) is 11.1 Å². The molecule has 1 rings (SSSR count). The fourth-order valence-corrected chi connectivity index (χ4v) is 1.30. The molecule has 1 aliphatic rings. The van der Waals surface area contributed by atoms with Crippen LogP contribution < -0.4 is 11.5 Å². The molecule has 118 valence electrons. The first-order chi connectivity index (χ1) is 7.61. The molecule has 19 heavy (non-hydrogen) atoms. The molecule has 1 aliphatic carbocycles. The van der Waals surface area contributed by atoms with Crippen LogP contribution in [0.3, 0.4) is 0 Å². The third-order valence-electron chi connectivity index (χ3n) is 4.97. The van der Waals surface area contributed by atoms with Gasteiger partial charge in [-0.3, -0.25) is 0 Å². The lowest BCUT2D eigenvalue weighted by Gasteiger charge is -2.39. The summed E-state index contributed by atoms with van der Waals surface area (Å²) in [5, 5.41) is 0. The summed E-state index contributed by atoms with van der Waals surface area (Å²) in [6.07, 6.45) is 2.68. The van der Waals surface area contributed by atoms with Crippen LogP contribution in [-0.2, 0) is 0 Å². The van der Waals surface area contributed by atoms with Crippen molar-refractivity contribution in [2.45, 2.75) is 93.7 Å². The Morgan fingerprint density at radius 2 is 0.947 bits per heavy atom. The lowest BCUT2D eigenvalue weighted by molar-refractivity contribution is 0.180. The van der Waals surface area contributed by atoms with Gasteiger partial charge in [-0.05, 0) is 50.4 Å². The SMILES string of the molecule is C.CC(C)(C)C(C)(C)N.CC(C)(C)C(C)(N)C1CC1. The molecule has 2 heteroatoms. The molecule has 0 bridgehead atoms. The van der Waals surface area contributed by atoms with E-state index in [0.717, 1.165) is 5.92 Å². The first-order valence-corrected chi connectivity index (χ1v) is 7.18. The highest BCUT2D eigenvalue weighted by Gasteiger charge is 2.45. The topological polar surface area (TPSA) is 52.0 Å². The second-order valence-electron chi connectivity index (χ2n) is 8.78. The van der Waals surface area contributed by atoms with Gasteiger partial charge in [0.1, 0.15) is 0 Å². The van der Waals surface area contributed by atoms with E-state index in [1.807, 2.05) is 13.8 Å². The van der Waals surface area contributed by atoms with E-state index in [1.165, 1.54) is 12.8 Å². The number of nitrogens with two attached hydrogens (primary N) is 2. The Hall–Kier alpha value is -0.0800. The van der Waals surface area contributed by atoms with E-state index < -0.39 is 0 Å². The maximum atomic E-state index is 6.20. The minimum atomic E-state index is -0.0625. The van der Waals surface area contributed by atoms with Gasteiger partial charge in [-0.2, -0.15) is 0 Å². The van der Waals surface area contributed by atoms with Crippen LogP contribution >= 0.6 is 0 Å². The smallest absolute Gasteiger partial charge is 0.0203 e. The van der Waals surface area contributed by atoms with Gasteiger partial charge in [-0.1, -0.05) is 49.0 Å². The van der Waals surface area contributed by atoms with Gasteiger partial charge in [0.15, 0.2) is 0 Å². The molecule has 0 spiro atoms. The molecule has 1 fully saturated rings. The van der Waals surface area contributed by atoms with Crippen molar-refractivity contribution in [1.29, 1.82) is 0 Å². The van der Waals surface area contributed by atoms with E-state index >= 15 is 0 Å². The average molecular weight is 273 g/mol. The summed E-state index contributed by atoms with van der Waals surface area (Å²) >= 11 is 0. The number of hydrogen-bond acceptors (Lipinski definition) is 2. The minimum absolute atomic E-state index is 0. The monoisotopic (exact) mass is 272 g/mol. The van der Waals surface area contributed by atoms with Gasteiger partial charge in [-0.25, -0.2) is 0 Å². The summed E-state index contributed by atoms with van der Waals surface area (Å²) in [6, 6.07) is 0. The quantitative estimate of drug-likeness (QED) is 0.735. The predicted molar refractivity (Wildman–Crippen MR) is 89.2 cm³/mol. The standard InChI is InChI=1S/C9H19N.C7H17N.CH4/c1-8(2,3)9(4,10)7-5-6-7;1-6(2,3)7(4,5)8;/h7H,5-6,10H2,1-4H3;8H2,1-5H3;1H4. The summed E-state index contributed by atoms with van der Waals surface area (Å²) < 4.78 is 0. The van der Waals surface area contributed by atoms with Crippen molar-refractivity contribution >= 4 is 0 Å². The Morgan fingerprint density at radius 1 is 0.684 bits per heavy atom. The highest BCUT2D eigenvalue weighted by atomic mass is 14.8. The van der Waals surface area contributed by atoms with Gasteiger partial charge in [0, 0.05) is 11.1 Å². The van der Waals surface area contributed by atoms with E-state index in [2.05, 4.69) is 48.5 Å². The molecule has 2 nitrogen and oxygen atoms in total. The van der Waals surface area contributed by atoms with E-state index in [0.29, 0.717) is 0 Å². The van der Waals surface area contributed by atoms with Crippen LogP contribution in [0.2, 0.25) is 0 Å². The second-order valence-corrected chi connectivity index (χ2v) is 8.78. The largest absolute Gasteiger partial charge is 0.325 e. The molecule has 0 aliphatic heterocycles.